The Morgan fingerprint density at radius 1 is 1.19 bits per heavy atom. The molecule has 0 bridgehead atoms. The van der Waals surface area contributed by atoms with Gasteiger partial charge in [0.05, 0.1) is 5.02 Å². The molecule has 0 unspecified atom stereocenters. The van der Waals surface area contributed by atoms with Crippen molar-refractivity contribution >= 4 is 46.0 Å². The molecule has 1 fully saturated rings. The van der Waals surface area contributed by atoms with Crippen molar-refractivity contribution in [2.75, 3.05) is 13.1 Å². The summed E-state index contributed by atoms with van der Waals surface area (Å²) in [5, 5.41) is 6.30. The van der Waals surface area contributed by atoms with Gasteiger partial charge in [0.15, 0.2) is 0 Å². The van der Waals surface area contributed by atoms with Crippen molar-refractivity contribution < 1.29 is 9.59 Å². The monoisotopic (exact) mass is 420 g/mol. The summed E-state index contributed by atoms with van der Waals surface area (Å²) in [5.41, 5.74) is 0.575. The van der Waals surface area contributed by atoms with E-state index in [4.69, 9.17) is 11.6 Å². The Hall–Kier alpha value is -0.820. The van der Waals surface area contributed by atoms with Crippen LogP contribution in [0.25, 0.3) is 0 Å². The van der Waals surface area contributed by atoms with Crippen LogP contribution in [0.15, 0.2) is 18.2 Å². The van der Waals surface area contributed by atoms with E-state index in [1.54, 1.807) is 18.2 Å². The number of hydrogen-bond acceptors (Lipinski definition) is 2. The van der Waals surface area contributed by atoms with Crippen molar-refractivity contribution in [2.45, 2.75) is 25.7 Å². The van der Waals surface area contributed by atoms with Gasteiger partial charge in [-0.2, -0.15) is 0 Å². The molecule has 6 heteroatoms. The van der Waals surface area contributed by atoms with Crippen LogP contribution >= 0.6 is 34.2 Å². The molecule has 2 rings (SSSR count). The van der Waals surface area contributed by atoms with E-state index in [9.17, 15) is 9.59 Å². The van der Waals surface area contributed by atoms with Gasteiger partial charge < -0.3 is 10.6 Å². The van der Waals surface area contributed by atoms with Crippen molar-refractivity contribution in [3.05, 3.63) is 32.4 Å². The lowest BCUT2D eigenvalue weighted by molar-refractivity contribution is -0.124. The third-order valence-electron chi connectivity index (χ3n) is 3.62. The molecule has 1 aliphatic rings. The van der Waals surface area contributed by atoms with Crippen molar-refractivity contribution in [3.8, 4) is 0 Å². The van der Waals surface area contributed by atoms with E-state index in [0.29, 0.717) is 23.7 Å². The predicted octanol–water partition coefficient (Wildman–Crippen LogP) is 2.98. The molecule has 1 aromatic rings. The second-order valence-corrected chi connectivity index (χ2v) is 6.73. The predicted molar refractivity (Wildman–Crippen MR) is 91.5 cm³/mol. The third-order valence-corrected chi connectivity index (χ3v) is 5.16. The SMILES string of the molecule is O=C(NCCNC(=O)C1CCCC1)c1ccc(Cl)c(I)c1. The second-order valence-electron chi connectivity index (χ2n) is 5.16. The van der Waals surface area contributed by atoms with E-state index >= 15 is 0 Å². The lowest BCUT2D eigenvalue weighted by atomic mass is 10.1. The Morgan fingerprint density at radius 3 is 2.52 bits per heavy atom. The molecule has 2 N–H and O–H groups in total. The summed E-state index contributed by atoms with van der Waals surface area (Å²) >= 11 is 8.01. The molecule has 1 aliphatic carbocycles. The summed E-state index contributed by atoms with van der Waals surface area (Å²) in [7, 11) is 0. The summed E-state index contributed by atoms with van der Waals surface area (Å²) in [6.45, 7) is 0.891. The third kappa shape index (κ3) is 4.85. The first kappa shape index (κ1) is 16.5. The Bertz CT molecular complexity index is 530. The number of carbonyl (C=O) groups is 2. The Labute approximate surface area is 143 Å². The van der Waals surface area contributed by atoms with Gasteiger partial charge in [0, 0.05) is 28.1 Å². The van der Waals surface area contributed by atoms with Crippen LogP contribution in [0.4, 0.5) is 0 Å². The number of amides is 2. The van der Waals surface area contributed by atoms with Crippen LogP contribution in [0.5, 0.6) is 0 Å². The van der Waals surface area contributed by atoms with Crippen molar-refractivity contribution in [2.24, 2.45) is 5.92 Å². The topological polar surface area (TPSA) is 58.2 Å². The van der Waals surface area contributed by atoms with Gasteiger partial charge in [0.1, 0.15) is 0 Å². The molecule has 0 spiro atoms. The van der Waals surface area contributed by atoms with Crippen LogP contribution in [0.3, 0.4) is 0 Å². The van der Waals surface area contributed by atoms with Crippen LogP contribution in [0.2, 0.25) is 5.02 Å². The fourth-order valence-corrected chi connectivity index (χ4v) is 3.07. The normalized spacial score (nSPS) is 15.0. The molecule has 0 saturated heterocycles. The lowest BCUT2D eigenvalue weighted by Crippen LogP contribution is -2.37. The zero-order chi connectivity index (χ0) is 15.2. The molecule has 0 radical (unpaired) electrons. The number of hydrogen-bond donors (Lipinski definition) is 2. The maximum atomic E-state index is 11.9. The lowest BCUT2D eigenvalue weighted by Gasteiger charge is -2.11. The molecule has 1 aromatic carbocycles. The number of benzene rings is 1. The first-order valence-electron chi connectivity index (χ1n) is 7.09. The van der Waals surface area contributed by atoms with Crippen LogP contribution in [-0.4, -0.2) is 24.9 Å². The van der Waals surface area contributed by atoms with Crippen molar-refractivity contribution in [1.82, 2.24) is 10.6 Å². The van der Waals surface area contributed by atoms with E-state index in [0.717, 1.165) is 29.3 Å². The standard InChI is InChI=1S/C15H18ClIN2O2/c16-12-6-5-11(9-13(12)17)15(21)19-8-7-18-14(20)10-3-1-2-4-10/h5-6,9-10H,1-4,7-8H2,(H,18,20)(H,19,21). The fraction of sp³-hybridized carbons (Fsp3) is 0.467. The second kappa shape index (κ2) is 7.98. The van der Waals surface area contributed by atoms with Gasteiger partial charge in [0.25, 0.3) is 5.91 Å². The molecule has 0 heterocycles. The van der Waals surface area contributed by atoms with E-state index < -0.39 is 0 Å². The van der Waals surface area contributed by atoms with E-state index in [1.807, 2.05) is 0 Å². The Balaban J connectivity index is 1.71. The number of halogens is 2. The fourth-order valence-electron chi connectivity index (χ4n) is 2.43. The highest BCUT2D eigenvalue weighted by Crippen LogP contribution is 2.24. The van der Waals surface area contributed by atoms with Gasteiger partial charge in [-0.25, -0.2) is 0 Å². The quantitative estimate of drug-likeness (QED) is 0.568. The highest BCUT2D eigenvalue weighted by Gasteiger charge is 2.21. The van der Waals surface area contributed by atoms with E-state index in [-0.39, 0.29) is 17.7 Å². The molecule has 0 atom stereocenters. The maximum Gasteiger partial charge on any atom is 0.251 e. The zero-order valence-electron chi connectivity index (χ0n) is 11.6. The van der Waals surface area contributed by atoms with E-state index in [2.05, 4.69) is 33.2 Å². The molecule has 0 aromatic heterocycles. The molecular formula is C15H18ClIN2O2. The first-order chi connectivity index (χ1) is 10.1. The Morgan fingerprint density at radius 2 is 1.86 bits per heavy atom. The summed E-state index contributed by atoms with van der Waals surface area (Å²) in [6.07, 6.45) is 4.26. The summed E-state index contributed by atoms with van der Waals surface area (Å²) in [4.78, 5) is 23.7. The number of rotatable bonds is 5. The van der Waals surface area contributed by atoms with Crippen LogP contribution < -0.4 is 10.6 Å². The summed E-state index contributed by atoms with van der Waals surface area (Å²) in [6, 6.07) is 5.15. The minimum atomic E-state index is -0.153. The van der Waals surface area contributed by atoms with Crippen molar-refractivity contribution in [1.29, 1.82) is 0 Å². The number of carbonyl (C=O) groups excluding carboxylic acids is 2. The summed E-state index contributed by atoms with van der Waals surface area (Å²) in [5.74, 6) is 0.126. The zero-order valence-corrected chi connectivity index (χ0v) is 14.5. The molecule has 1 saturated carbocycles. The molecular weight excluding hydrogens is 403 g/mol. The van der Waals surface area contributed by atoms with Gasteiger partial charge in [-0.05, 0) is 53.6 Å². The van der Waals surface area contributed by atoms with Gasteiger partial charge in [0.2, 0.25) is 5.91 Å². The molecule has 114 valence electrons. The van der Waals surface area contributed by atoms with Gasteiger partial charge in [-0.15, -0.1) is 0 Å². The van der Waals surface area contributed by atoms with Crippen LogP contribution in [-0.2, 0) is 4.79 Å². The smallest absolute Gasteiger partial charge is 0.251 e. The molecule has 21 heavy (non-hydrogen) atoms. The van der Waals surface area contributed by atoms with E-state index in [1.165, 1.54) is 0 Å². The number of nitrogens with one attached hydrogen (secondary N) is 2. The van der Waals surface area contributed by atoms with Crippen LogP contribution in [0, 0.1) is 9.49 Å². The van der Waals surface area contributed by atoms with Gasteiger partial charge >= 0.3 is 0 Å². The minimum Gasteiger partial charge on any atom is -0.354 e. The highest BCUT2D eigenvalue weighted by atomic mass is 127. The Kier molecular flexibility index (Phi) is 6.29. The summed E-state index contributed by atoms with van der Waals surface area (Å²) < 4.78 is 0.844. The van der Waals surface area contributed by atoms with Gasteiger partial charge in [-0.1, -0.05) is 24.4 Å². The molecule has 4 nitrogen and oxygen atoms in total. The molecule has 2 amide bonds. The van der Waals surface area contributed by atoms with Crippen molar-refractivity contribution in [3.63, 3.8) is 0 Å². The average Bonchev–Trinajstić information content (AvgIpc) is 3.00. The maximum absolute atomic E-state index is 11.9. The first-order valence-corrected chi connectivity index (χ1v) is 8.54. The van der Waals surface area contributed by atoms with Crippen LogP contribution in [0.1, 0.15) is 36.0 Å². The molecule has 0 aliphatic heterocycles. The largest absolute Gasteiger partial charge is 0.354 e. The minimum absolute atomic E-state index is 0.114. The average molecular weight is 421 g/mol. The van der Waals surface area contributed by atoms with Gasteiger partial charge in [-0.3, -0.25) is 9.59 Å². The highest BCUT2D eigenvalue weighted by molar-refractivity contribution is 14.1.